The van der Waals surface area contributed by atoms with Gasteiger partial charge in [-0.3, -0.25) is 5.41 Å². The van der Waals surface area contributed by atoms with Crippen molar-refractivity contribution in [1.82, 2.24) is 0 Å². The minimum atomic E-state index is -1.84. The van der Waals surface area contributed by atoms with Gasteiger partial charge in [0.15, 0.2) is 0 Å². The molecule has 0 unspecified atom stereocenters. The van der Waals surface area contributed by atoms with E-state index in [2.05, 4.69) is 0 Å². The van der Waals surface area contributed by atoms with E-state index in [0.29, 0.717) is 16.5 Å². The van der Waals surface area contributed by atoms with Crippen LogP contribution in [0.2, 0.25) is 10.0 Å². The number of alkyl halides is 3. The Morgan fingerprint density at radius 1 is 1.24 bits per heavy atom. The monoisotopic (exact) mass is 333 g/mol. The lowest BCUT2D eigenvalue weighted by atomic mass is 10.2. The molecular weight excluding hydrogens is 327 g/mol. The highest BCUT2D eigenvalue weighted by Crippen LogP contribution is 2.28. The molecule has 0 radical (unpaired) electrons. The Kier molecular flexibility index (Phi) is 5.68. The minimum absolute atomic E-state index is 0.187. The molecule has 2 nitrogen and oxygen atoms in total. The molecule has 0 heterocycles. The number of rotatable bonds is 3. The zero-order valence-corrected chi connectivity index (χ0v) is 12.2. The highest BCUT2D eigenvalue weighted by atomic mass is 35.6. The highest BCUT2D eigenvalue weighted by Gasteiger charge is 2.28. The van der Waals surface area contributed by atoms with Crippen molar-refractivity contribution in [2.24, 2.45) is 0 Å². The maximum atomic E-state index is 7.32. The summed E-state index contributed by atoms with van der Waals surface area (Å²) in [6.45, 7) is 0.187. The Balaban J connectivity index is 2.52. The molecule has 1 N–H and O–H groups in total. The van der Waals surface area contributed by atoms with Crippen LogP contribution in [0.1, 0.15) is 5.56 Å². The summed E-state index contributed by atoms with van der Waals surface area (Å²) in [5.41, 5.74) is 0.816. The van der Waals surface area contributed by atoms with Crippen molar-refractivity contribution in [2.45, 2.75) is 10.2 Å². The average Bonchev–Trinajstić information content (AvgIpc) is 2.22. The minimum Gasteiger partial charge on any atom is -0.478 e. The van der Waals surface area contributed by atoms with Crippen LogP contribution >= 0.6 is 58.0 Å². The van der Waals surface area contributed by atoms with Gasteiger partial charge in [-0.05, 0) is 11.6 Å². The largest absolute Gasteiger partial charge is 0.478 e. The summed E-state index contributed by atoms with van der Waals surface area (Å²) in [5, 5.41) is 8.27. The molecule has 0 aliphatic heterocycles. The zero-order valence-electron chi connectivity index (χ0n) is 8.44. The molecule has 1 rings (SSSR count). The first kappa shape index (κ1) is 15.2. The molecule has 0 bridgehead atoms. The van der Waals surface area contributed by atoms with Crippen LogP contribution in [0.4, 0.5) is 0 Å². The van der Waals surface area contributed by atoms with Gasteiger partial charge in [-0.2, -0.15) is 0 Å². The first-order valence-corrected chi connectivity index (χ1v) is 6.43. The number of hydrogen-bond donors (Lipinski definition) is 1. The Morgan fingerprint density at radius 2 is 1.88 bits per heavy atom. The lowest BCUT2D eigenvalue weighted by Gasteiger charge is -2.14. The van der Waals surface area contributed by atoms with E-state index < -0.39 is 9.69 Å². The summed E-state index contributed by atoms with van der Waals surface area (Å²) in [5.74, 6) is -0.416. The Labute approximate surface area is 124 Å². The van der Waals surface area contributed by atoms with E-state index in [1.807, 2.05) is 6.07 Å². The second-order valence-corrected chi connectivity index (χ2v) is 6.20. The second kappa shape index (κ2) is 6.35. The standard InChI is InChI=1S/C10H8Cl5NO/c11-7-3-1-2-6(8(7)12)4-5-17-9(16)10(13,14)15/h1-3,16H,4-5H2. The molecule has 1 aromatic carbocycles. The molecule has 0 amide bonds. The fourth-order valence-electron chi connectivity index (χ4n) is 1.09. The molecule has 0 spiro atoms. The normalized spacial score (nSPS) is 11.4. The quantitative estimate of drug-likeness (QED) is 0.476. The van der Waals surface area contributed by atoms with Gasteiger partial charge in [0, 0.05) is 6.42 Å². The predicted molar refractivity (Wildman–Crippen MR) is 74.1 cm³/mol. The topological polar surface area (TPSA) is 33.1 Å². The van der Waals surface area contributed by atoms with Gasteiger partial charge in [0.1, 0.15) is 0 Å². The van der Waals surface area contributed by atoms with Gasteiger partial charge in [0.2, 0.25) is 5.90 Å². The SMILES string of the molecule is N=C(OCCc1cccc(Cl)c1Cl)C(Cl)(Cl)Cl. The molecule has 7 heteroatoms. The van der Waals surface area contributed by atoms with E-state index in [1.165, 1.54) is 0 Å². The maximum absolute atomic E-state index is 7.32. The van der Waals surface area contributed by atoms with Crippen LogP contribution in [0.5, 0.6) is 0 Å². The van der Waals surface area contributed by atoms with Crippen molar-refractivity contribution in [3.63, 3.8) is 0 Å². The lowest BCUT2D eigenvalue weighted by Crippen LogP contribution is -2.22. The first-order chi connectivity index (χ1) is 7.82. The van der Waals surface area contributed by atoms with Gasteiger partial charge in [0.25, 0.3) is 3.79 Å². The molecule has 0 aliphatic rings. The van der Waals surface area contributed by atoms with E-state index >= 15 is 0 Å². The van der Waals surface area contributed by atoms with Gasteiger partial charge in [-0.25, -0.2) is 0 Å². The van der Waals surface area contributed by atoms with E-state index in [9.17, 15) is 0 Å². The van der Waals surface area contributed by atoms with E-state index in [-0.39, 0.29) is 6.61 Å². The van der Waals surface area contributed by atoms with Crippen LogP contribution in [0.25, 0.3) is 0 Å². The molecule has 0 saturated carbocycles. The first-order valence-electron chi connectivity index (χ1n) is 4.54. The molecule has 0 aliphatic carbocycles. The van der Waals surface area contributed by atoms with Gasteiger partial charge >= 0.3 is 0 Å². The third-order valence-corrected chi connectivity index (χ3v) is 3.28. The van der Waals surface area contributed by atoms with Crippen molar-refractivity contribution >= 4 is 63.9 Å². The van der Waals surface area contributed by atoms with Crippen molar-refractivity contribution < 1.29 is 4.74 Å². The number of hydrogen-bond acceptors (Lipinski definition) is 2. The zero-order chi connectivity index (χ0) is 13.1. The van der Waals surface area contributed by atoms with E-state index in [4.69, 9.17) is 68.2 Å². The average molecular weight is 335 g/mol. The number of ether oxygens (including phenoxy) is 1. The molecule has 1 aromatic rings. The Bertz CT molecular complexity index is 416. The van der Waals surface area contributed by atoms with Crippen LogP contribution in [-0.2, 0) is 11.2 Å². The highest BCUT2D eigenvalue weighted by molar-refractivity contribution is 6.76. The third kappa shape index (κ3) is 4.72. The van der Waals surface area contributed by atoms with Gasteiger partial charge < -0.3 is 4.74 Å². The molecular formula is C10H8Cl5NO. The summed E-state index contributed by atoms with van der Waals surface area (Å²) in [7, 11) is 0. The summed E-state index contributed by atoms with van der Waals surface area (Å²) in [4.78, 5) is 0. The van der Waals surface area contributed by atoms with Crippen molar-refractivity contribution in [3.8, 4) is 0 Å². The molecule has 94 valence electrons. The Hall–Kier alpha value is 0.140. The number of benzene rings is 1. The molecule has 17 heavy (non-hydrogen) atoms. The summed E-state index contributed by atoms with van der Waals surface area (Å²) >= 11 is 28.2. The van der Waals surface area contributed by atoms with E-state index in [1.54, 1.807) is 12.1 Å². The predicted octanol–water partition coefficient (Wildman–Crippen LogP) is 4.90. The lowest BCUT2D eigenvalue weighted by molar-refractivity contribution is 0.300. The smallest absolute Gasteiger partial charge is 0.265 e. The molecule has 0 saturated heterocycles. The molecule has 0 atom stereocenters. The van der Waals surface area contributed by atoms with Gasteiger partial charge in [-0.1, -0.05) is 70.1 Å². The van der Waals surface area contributed by atoms with Crippen molar-refractivity contribution in [1.29, 1.82) is 5.41 Å². The van der Waals surface area contributed by atoms with Crippen LogP contribution in [0.3, 0.4) is 0 Å². The van der Waals surface area contributed by atoms with Crippen LogP contribution in [0.15, 0.2) is 18.2 Å². The summed E-state index contributed by atoms with van der Waals surface area (Å²) in [6, 6.07) is 5.29. The van der Waals surface area contributed by atoms with Gasteiger partial charge in [-0.15, -0.1) is 0 Å². The van der Waals surface area contributed by atoms with Crippen LogP contribution in [0, 0.1) is 5.41 Å². The summed E-state index contributed by atoms with van der Waals surface area (Å²) < 4.78 is 3.16. The fourth-order valence-corrected chi connectivity index (χ4v) is 1.66. The number of nitrogens with one attached hydrogen (secondary N) is 1. The Morgan fingerprint density at radius 3 is 2.47 bits per heavy atom. The van der Waals surface area contributed by atoms with E-state index in [0.717, 1.165) is 5.56 Å². The van der Waals surface area contributed by atoms with Crippen LogP contribution in [-0.4, -0.2) is 16.3 Å². The molecule has 0 aromatic heterocycles. The fraction of sp³-hybridized carbons (Fsp3) is 0.300. The molecule has 0 fully saturated rings. The third-order valence-electron chi connectivity index (χ3n) is 1.91. The summed E-state index contributed by atoms with van der Waals surface area (Å²) in [6.07, 6.45) is 0.475. The van der Waals surface area contributed by atoms with Crippen LogP contribution < -0.4 is 0 Å². The second-order valence-electron chi connectivity index (χ2n) is 3.14. The number of halogens is 5. The van der Waals surface area contributed by atoms with Gasteiger partial charge in [0.05, 0.1) is 16.7 Å². The maximum Gasteiger partial charge on any atom is 0.265 e. The van der Waals surface area contributed by atoms with Crippen molar-refractivity contribution in [3.05, 3.63) is 33.8 Å². The van der Waals surface area contributed by atoms with Crippen molar-refractivity contribution in [2.75, 3.05) is 6.61 Å².